The molecule has 224 valence electrons. The van der Waals surface area contributed by atoms with Crippen LogP contribution in [-0.4, -0.2) is 11.4 Å². The molecule has 0 aromatic heterocycles. The molecule has 0 saturated heterocycles. The topological polar surface area (TPSA) is 24.7 Å². The third-order valence-corrected chi connectivity index (χ3v) is 7.34. The predicted molar refractivity (Wildman–Crippen MR) is 175 cm³/mol. The summed E-state index contributed by atoms with van der Waals surface area (Å²) in [6, 6.07) is 20.7. The van der Waals surface area contributed by atoms with Crippen molar-refractivity contribution < 1.29 is 20.4 Å². The first-order chi connectivity index (χ1) is 19.3. The van der Waals surface area contributed by atoms with Gasteiger partial charge in [0.25, 0.3) is 0 Å². The molecule has 2 nitrogen and oxygen atoms in total. The summed E-state index contributed by atoms with van der Waals surface area (Å²) in [4.78, 5) is 10.2. The van der Waals surface area contributed by atoms with Crippen LogP contribution in [0.1, 0.15) is 136 Å². The Kier molecular flexibility index (Phi) is 23.6. The molecular formula is C37H56N2Pd. The fraction of sp³-hybridized carbons (Fsp3) is 0.568. The average molecular weight is 635 g/mol. The van der Waals surface area contributed by atoms with Crippen LogP contribution in [0.15, 0.2) is 82.8 Å². The molecule has 3 heteroatoms. The first kappa shape index (κ1) is 36.2. The largest absolute Gasteiger partial charge is 0.251 e. The molecule has 0 aliphatic carbocycles. The van der Waals surface area contributed by atoms with Gasteiger partial charge in [0, 0.05) is 20.4 Å². The first-order valence-corrected chi connectivity index (χ1v) is 16.3. The van der Waals surface area contributed by atoms with Crippen LogP contribution in [0.5, 0.6) is 0 Å². The van der Waals surface area contributed by atoms with Crippen LogP contribution >= 0.6 is 0 Å². The number of benzene rings is 2. The molecule has 0 fully saturated rings. The van der Waals surface area contributed by atoms with Gasteiger partial charge in [0.2, 0.25) is 0 Å². The zero-order valence-corrected chi connectivity index (χ0v) is 27.1. The smallest absolute Gasteiger partial charge is 0.0848 e. The van der Waals surface area contributed by atoms with Gasteiger partial charge in [-0.1, -0.05) is 153 Å². The van der Waals surface area contributed by atoms with Crippen LogP contribution in [0, 0.1) is 0 Å². The Morgan fingerprint density at radius 2 is 0.950 bits per heavy atom. The third kappa shape index (κ3) is 18.5. The van der Waals surface area contributed by atoms with Crippen molar-refractivity contribution in [2.24, 2.45) is 9.98 Å². The Bertz CT molecular complexity index is 918. The van der Waals surface area contributed by atoms with E-state index in [1.54, 1.807) is 0 Å². The summed E-state index contributed by atoms with van der Waals surface area (Å²) in [6.07, 6.45) is 29.6. The Hall–Kier alpha value is -1.82. The second-order valence-corrected chi connectivity index (χ2v) is 11.0. The molecule has 2 rings (SSSR count). The Morgan fingerprint density at radius 1 is 0.525 bits per heavy atom. The van der Waals surface area contributed by atoms with Crippen LogP contribution in [0.3, 0.4) is 0 Å². The van der Waals surface area contributed by atoms with Crippen LogP contribution in [-0.2, 0) is 20.4 Å². The second kappa shape index (κ2) is 26.1. The van der Waals surface area contributed by atoms with Crippen molar-refractivity contribution in [1.29, 1.82) is 0 Å². The number of allylic oxidation sites excluding steroid dienone is 2. The molecule has 0 saturated carbocycles. The fourth-order valence-electron chi connectivity index (χ4n) is 4.93. The summed E-state index contributed by atoms with van der Waals surface area (Å²) in [5.74, 6) is 0. The van der Waals surface area contributed by atoms with Crippen LogP contribution < -0.4 is 0 Å². The van der Waals surface area contributed by atoms with Gasteiger partial charge in [-0.2, -0.15) is 0 Å². The van der Waals surface area contributed by atoms with Crippen molar-refractivity contribution in [3.63, 3.8) is 0 Å². The van der Waals surface area contributed by atoms with E-state index in [1.165, 1.54) is 103 Å². The van der Waals surface area contributed by atoms with Crippen molar-refractivity contribution >= 4 is 22.8 Å². The minimum atomic E-state index is 0. The molecule has 0 bridgehead atoms. The van der Waals surface area contributed by atoms with Crippen molar-refractivity contribution in [3.05, 3.63) is 72.8 Å². The summed E-state index contributed by atoms with van der Waals surface area (Å²) in [7, 11) is 0. The van der Waals surface area contributed by atoms with E-state index in [1.807, 2.05) is 0 Å². The average Bonchev–Trinajstić information content (AvgIpc) is 2.97. The number of hydrogen-bond acceptors (Lipinski definition) is 2. The Balaban J connectivity index is 0.00000800. The summed E-state index contributed by atoms with van der Waals surface area (Å²) in [5, 5.41) is 0. The summed E-state index contributed by atoms with van der Waals surface area (Å²) in [5.41, 5.74) is 4.13. The van der Waals surface area contributed by atoms with E-state index >= 15 is 0 Å². The molecule has 0 aliphatic heterocycles. The molecule has 0 atom stereocenters. The third-order valence-electron chi connectivity index (χ3n) is 7.34. The van der Waals surface area contributed by atoms with E-state index in [2.05, 4.69) is 86.7 Å². The molecule has 40 heavy (non-hydrogen) atoms. The van der Waals surface area contributed by atoms with Crippen molar-refractivity contribution in [1.82, 2.24) is 0 Å². The molecule has 2 aromatic carbocycles. The van der Waals surface area contributed by atoms with Crippen molar-refractivity contribution in [3.8, 4) is 0 Å². The first-order valence-electron chi connectivity index (χ1n) is 16.3. The molecule has 0 N–H and O–H groups in total. The van der Waals surface area contributed by atoms with Gasteiger partial charge in [0.15, 0.2) is 0 Å². The van der Waals surface area contributed by atoms with E-state index in [0.717, 1.165) is 42.1 Å². The monoisotopic (exact) mass is 634 g/mol. The van der Waals surface area contributed by atoms with Gasteiger partial charge < -0.3 is 0 Å². The van der Waals surface area contributed by atoms with Gasteiger partial charge in [-0.15, -0.1) is 0 Å². The molecule has 0 aliphatic rings. The van der Waals surface area contributed by atoms with Gasteiger partial charge in [-0.05, 0) is 56.0 Å². The maximum absolute atomic E-state index is 5.10. The molecule has 0 spiro atoms. The van der Waals surface area contributed by atoms with Crippen molar-refractivity contribution in [2.75, 3.05) is 0 Å². The SMILES string of the molecule is CCCCCCCCCCCCC/C=C/C(=N\c1ccccc1)C(/CCCCCCCC)=N/c1ccccc1.[Pd]. The van der Waals surface area contributed by atoms with E-state index in [-0.39, 0.29) is 20.4 Å². The summed E-state index contributed by atoms with van der Waals surface area (Å²) < 4.78 is 0. The van der Waals surface area contributed by atoms with Crippen LogP contribution in [0.2, 0.25) is 0 Å². The van der Waals surface area contributed by atoms with Gasteiger partial charge in [-0.3, -0.25) is 4.99 Å². The molecule has 0 heterocycles. The standard InChI is InChI=1S/C37H56N2.Pd/c1-3-5-7-9-11-12-13-14-15-16-17-19-27-33-37(39-35-30-24-21-25-31-35)36(32-26-18-10-8-6-4-2)38-34-28-22-20-23-29-34;/h20-25,27-31,33H,3-19,26,32H2,1-2H3;/b33-27+,38-36+,39-37+;. The molecular weight excluding hydrogens is 579 g/mol. The Labute approximate surface area is 260 Å². The van der Waals surface area contributed by atoms with Gasteiger partial charge >= 0.3 is 0 Å². The van der Waals surface area contributed by atoms with E-state index in [9.17, 15) is 0 Å². The normalized spacial score (nSPS) is 12.2. The van der Waals surface area contributed by atoms with Gasteiger partial charge in [-0.25, -0.2) is 4.99 Å². The Morgan fingerprint density at radius 3 is 1.45 bits per heavy atom. The summed E-state index contributed by atoms with van der Waals surface area (Å²) in [6.45, 7) is 4.57. The number of unbranched alkanes of at least 4 members (excludes halogenated alkanes) is 16. The molecule has 0 amide bonds. The number of hydrogen-bond donors (Lipinski definition) is 0. The number of aliphatic imine (C=N–C) groups is 2. The number of nitrogens with zero attached hydrogens (tertiary/aromatic N) is 2. The maximum atomic E-state index is 5.10. The zero-order valence-electron chi connectivity index (χ0n) is 25.6. The fourth-order valence-corrected chi connectivity index (χ4v) is 4.93. The van der Waals surface area contributed by atoms with Crippen LogP contribution in [0.4, 0.5) is 11.4 Å². The predicted octanol–water partition coefficient (Wildman–Crippen LogP) is 12.5. The quantitative estimate of drug-likeness (QED) is 0.0660. The molecule has 2 aromatic rings. The van der Waals surface area contributed by atoms with Crippen molar-refractivity contribution in [2.45, 2.75) is 136 Å². The number of rotatable bonds is 23. The van der Waals surface area contributed by atoms with E-state index < -0.39 is 0 Å². The van der Waals surface area contributed by atoms with E-state index in [0.29, 0.717) is 0 Å². The molecule has 0 radical (unpaired) electrons. The second-order valence-electron chi connectivity index (χ2n) is 11.0. The molecule has 0 unspecified atom stereocenters. The minimum Gasteiger partial charge on any atom is -0.251 e. The minimum absolute atomic E-state index is 0. The van der Waals surface area contributed by atoms with Gasteiger partial charge in [0.05, 0.1) is 22.8 Å². The maximum Gasteiger partial charge on any atom is 0.0848 e. The summed E-state index contributed by atoms with van der Waals surface area (Å²) >= 11 is 0. The zero-order chi connectivity index (χ0) is 27.6. The van der Waals surface area contributed by atoms with E-state index in [4.69, 9.17) is 9.98 Å². The van der Waals surface area contributed by atoms with Crippen LogP contribution in [0.25, 0.3) is 0 Å². The number of para-hydroxylation sites is 2. The van der Waals surface area contributed by atoms with Gasteiger partial charge in [0.1, 0.15) is 0 Å².